The van der Waals surface area contributed by atoms with Gasteiger partial charge >= 0.3 is 0 Å². The second kappa shape index (κ2) is 6.03. The van der Waals surface area contributed by atoms with Gasteiger partial charge in [-0.25, -0.2) is 4.98 Å². The topological polar surface area (TPSA) is 80.1 Å². The number of methoxy groups -OCH3 is 1. The van der Waals surface area contributed by atoms with Crippen LogP contribution in [-0.4, -0.2) is 23.7 Å². The van der Waals surface area contributed by atoms with Crippen LogP contribution >= 0.6 is 0 Å². The first-order valence-corrected chi connectivity index (χ1v) is 6.98. The van der Waals surface area contributed by atoms with Gasteiger partial charge < -0.3 is 14.5 Å². The minimum absolute atomic E-state index is 0.181. The number of anilines is 1. The van der Waals surface area contributed by atoms with Gasteiger partial charge in [0, 0.05) is 7.11 Å². The summed E-state index contributed by atoms with van der Waals surface area (Å²) in [5, 5.41) is 3.72. The van der Waals surface area contributed by atoms with Crippen LogP contribution in [0.1, 0.15) is 17.6 Å². The zero-order valence-corrected chi connectivity index (χ0v) is 12.4. The van der Waals surface area contributed by atoms with Crippen LogP contribution in [0.4, 0.5) is 5.95 Å². The number of hydrogen-bond acceptors (Lipinski definition) is 5. The molecule has 0 radical (unpaired) electrons. The van der Waals surface area contributed by atoms with Gasteiger partial charge in [-0.05, 0) is 31.2 Å². The molecular formula is C16H17N3O3. The predicted octanol–water partition coefficient (Wildman–Crippen LogP) is 2.62. The number of H-pyrrole nitrogens is 1. The molecule has 0 spiro atoms. The van der Waals surface area contributed by atoms with Gasteiger partial charge in [-0.3, -0.25) is 9.78 Å². The normalized spacial score (nSPS) is 12.5. The highest BCUT2D eigenvalue weighted by molar-refractivity contribution is 5.78. The molecule has 1 aromatic carbocycles. The van der Waals surface area contributed by atoms with E-state index in [4.69, 9.17) is 9.15 Å². The maximum atomic E-state index is 12.1. The fraction of sp³-hybridized carbons (Fsp3) is 0.250. The highest BCUT2D eigenvalue weighted by Gasteiger charge is 2.16. The van der Waals surface area contributed by atoms with Gasteiger partial charge in [0.2, 0.25) is 5.95 Å². The lowest BCUT2D eigenvalue weighted by Gasteiger charge is -2.16. The smallest absolute Gasteiger partial charge is 0.260 e. The van der Waals surface area contributed by atoms with E-state index in [2.05, 4.69) is 15.3 Å². The summed E-state index contributed by atoms with van der Waals surface area (Å²) in [5.74, 6) is 1.94. The molecule has 2 N–H and O–H groups in total. The Balaban J connectivity index is 1.94. The zero-order chi connectivity index (χ0) is 15.5. The number of aromatic nitrogens is 2. The van der Waals surface area contributed by atoms with Gasteiger partial charge in [-0.1, -0.05) is 12.1 Å². The van der Waals surface area contributed by atoms with Crippen LogP contribution in [0.25, 0.3) is 10.9 Å². The van der Waals surface area contributed by atoms with E-state index in [1.54, 1.807) is 19.2 Å². The molecule has 0 fully saturated rings. The van der Waals surface area contributed by atoms with Crippen molar-refractivity contribution in [3.05, 3.63) is 58.3 Å². The minimum atomic E-state index is -0.233. The van der Waals surface area contributed by atoms with E-state index >= 15 is 0 Å². The second-order valence-electron chi connectivity index (χ2n) is 5.03. The van der Waals surface area contributed by atoms with Crippen LogP contribution in [0.3, 0.4) is 0 Å². The molecule has 1 atom stereocenters. The number of aromatic amines is 1. The number of benzene rings is 1. The Kier molecular flexibility index (Phi) is 3.93. The Morgan fingerprint density at radius 3 is 2.86 bits per heavy atom. The third-order valence-electron chi connectivity index (χ3n) is 3.36. The highest BCUT2D eigenvalue weighted by Crippen LogP contribution is 2.20. The first-order valence-electron chi connectivity index (χ1n) is 6.98. The molecule has 6 nitrogen and oxygen atoms in total. The van der Waals surface area contributed by atoms with Crippen molar-refractivity contribution in [2.75, 3.05) is 19.0 Å². The van der Waals surface area contributed by atoms with E-state index in [0.29, 0.717) is 23.5 Å². The van der Waals surface area contributed by atoms with E-state index < -0.39 is 0 Å². The zero-order valence-electron chi connectivity index (χ0n) is 12.4. The third-order valence-corrected chi connectivity index (χ3v) is 3.36. The number of furan rings is 1. The minimum Gasteiger partial charge on any atom is -0.464 e. The number of aryl methyl sites for hydroxylation is 1. The molecule has 2 aromatic heterocycles. The molecule has 0 saturated carbocycles. The molecule has 2 heterocycles. The van der Waals surface area contributed by atoms with Crippen LogP contribution in [0, 0.1) is 6.92 Å². The molecule has 0 amide bonds. The Hall–Kier alpha value is -2.60. The highest BCUT2D eigenvalue weighted by atomic mass is 16.5. The average Bonchev–Trinajstić information content (AvgIpc) is 2.93. The Bertz CT molecular complexity index is 838. The lowest BCUT2D eigenvalue weighted by atomic mass is 10.2. The van der Waals surface area contributed by atoms with E-state index in [0.717, 1.165) is 11.5 Å². The molecule has 3 rings (SSSR count). The standard InChI is InChI=1S/C16H17N3O3/c1-10-7-8-14(22-10)13(9-21-2)18-16-17-12-6-4-3-5-11(12)15(20)19-16/h3-8,13H,9H2,1-2H3,(H2,17,18,19,20)/t13-/m0/s1. The molecule has 22 heavy (non-hydrogen) atoms. The number of nitrogens with one attached hydrogen (secondary N) is 2. The lowest BCUT2D eigenvalue weighted by molar-refractivity contribution is 0.178. The van der Waals surface area contributed by atoms with Crippen molar-refractivity contribution in [3.63, 3.8) is 0 Å². The Labute approximate surface area is 127 Å². The van der Waals surface area contributed by atoms with E-state index in [9.17, 15) is 4.79 Å². The molecule has 0 bridgehead atoms. The summed E-state index contributed by atoms with van der Waals surface area (Å²) in [4.78, 5) is 19.3. The fourth-order valence-electron chi connectivity index (χ4n) is 2.32. The number of rotatable bonds is 5. The van der Waals surface area contributed by atoms with Crippen molar-refractivity contribution in [2.45, 2.75) is 13.0 Å². The number of fused-ring (bicyclic) bond motifs is 1. The number of hydrogen-bond donors (Lipinski definition) is 2. The van der Waals surface area contributed by atoms with Gasteiger partial charge in [0.05, 0.1) is 17.5 Å². The summed E-state index contributed by atoms with van der Waals surface area (Å²) in [6, 6.07) is 10.7. The maximum absolute atomic E-state index is 12.1. The summed E-state index contributed by atoms with van der Waals surface area (Å²) in [7, 11) is 1.61. The molecule has 0 saturated heterocycles. The summed E-state index contributed by atoms with van der Waals surface area (Å²) < 4.78 is 10.8. The molecule has 114 valence electrons. The molecule has 0 aliphatic carbocycles. The van der Waals surface area contributed by atoms with Gasteiger partial charge in [-0.2, -0.15) is 0 Å². The van der Waals surface area contributed by atoms with E-state index in [1.807, 2.05) is 31.2 Å². The summed E-state index contributed by atoms with van der Waals surface area (Å²) in [6.07, 6.45) is 0. The largest absolute Gasteiger partial charge is 0.464 e. The Morgan fingerprint density at radius 2 is 2.14 bits per heavy atom. The molecular weight excluding hydrogens is 282 g/mol. The average molecular weight is 299 g/mol. The van der Waals surface area contributed by atoms with E-state index in [1.165, 1.54) is 0 Å². The predicted molar refractivity (Wildman–Crippen MR) is 84.0 cm³/mol. The van der Waals surface area contributed by atoms with Crippen molar-refractivity contribution in [1.29, 1.82) is 0 Å². The molecule has 0 aliphatic rings. The van der Waals surface area contributed by atoms with Crippen molar-refractivity contribution < 1.29 is 9.15 Å². The van der Waals surface area contributed by atoms with Gasteiger partial charge in [0.15, 0.2) is 0 Å². The van der Waals surface area contributed by atoms with Gasteiger partial charge in [0.1, 0.15) is 17.6 Å². The molecule has 0 unspecified atom stereocenters. The summed E-state index contributed by atoms with van der Waals surface area (Å²) >= 11 is 0. The van der Waals surface area contributed by atoms with Gasteiger partial charge in [-0.15, -0.1) is 0 Å². The molecule has 6 heteroatoms. The molecule has 3 aromatic rings. The van der Waals surface area contributed by atoms with Gasteiger partial charge in [0.25, 0.3) is 5.56 Å². The van der Waals surface area contributed by atoms with Crippen LogP contribution in [0.2, 0.25) is 0 Å². The van der Waals surface area contributed by atoms with Crippen LogP contribution in [0.15, 0.2) is 45.6 Å². The van der Waals surface area contributed by atoms with Crippen molar-refractivity contribution >= 4 is 16.9 Å². The third kappa shape index (κ3) is 2.87. The Morgan fingerprint density at radius 1 is 1.32 bits per heavy atom. The quantitative estimate of drug-likeness (QED) is 0.757. The fourth-order valence-corrected chi connectivity index (χ4v) is 2.32. The second-order valence-corrected chi connectivity index (χ2v) is 5.03. The lowest BCUT2D eigenvalue weighted by Crippen LogP contribution is -2.20. The molecule has 0 aliphatic heterocycles. The SMILES string of the molecule is COC[C@H](Nc1nc2ccccc2c(=O)[nH]1)c1ccc(C)o1. The summed E-state index contributed by atoms with van der Waals surface area (Å²) in [6.45, 7) is 2.27. The first-order chi connectivity index (χ1) is 10.7. The maximum Gasteiger partial charge on any atom is 0.260 e. The number of nitrogens with zero attached hydrogens (tertiary/aromatic N) is 1. The van der Waals surface area contributed by atoms with Crippen LogP contribution < -0.4 is 10.9 Å². The van der Waals surface area contributed by atoms with Crippen LogP contribution in [0.5, 0.6) is 0 Å². The van der Waals surface area contributed by atoms with E-state index in [-0.39, 0.29) is 11.6 Å². The van der Waals surface area contributed by atoms with Crippen molar-refractivity contribution in [2.24, 2.45) is 0 Å². The first kappa shape index (κ1) is 14.3. The monoisotopic (exact) mass is 299 g/mol. The van der Waals surface area contributed by atoms with Crippen LogP contribution in [-0.2, 0) is 4.74 Å². The number of ether oxygens (including phenoxy) is 1. The van der Waals surface area contributed by atoms with Crippen molar-refractivity contribution in [1.82, 2.24) is 9.97 Å². The summed E-state index contributed by atoms with van der Waals surface area (Å²) in [5.41, 5.74) is 0.459. The number of para-hydroxylation sites is 1. The van der Waals surface area contributed by atoms with Crippen molar-refractivity contribution in [3.8, 4) is 0 Å².